The van der Waals surface area contributed by atoms with Gasteiger partial charge in [-0.3, -0.25) is 9.79 Å². The first-order valence-electron chi connectivity index (χ1n) is 7.30. The highest BCUT2D eigenvalue weighted by atomic mass is 127. The maximum absolute atomic E-state index is 11.5. The van der Waals surface area contributed by atoms with E-state index in [1.807, 2.05) is 44.0 Å². The summed E-state index contributed by atoms with van der Waals surface area (Å²) in [5, 5.41) is 3.24. The van der Waals surface area contributed by atoms with Crippen molar-refractivity contribution >= 4 is 51.8 Å². The summed E-state index contributed by atoms with van der Waals surface area (Å²) in [6.45, 7) is 5.72. The summed E-state index contributed by atoms with van der Waals surface area (Å²) in [5.41, 5.74) is 1.18. The van der Waals surface area contributed by atoms with Crippen molar-refractivity contribution in [1.29, 1.82) is 0 Å². The fourth-order valence-corrected chi connectivity index (χ4v) is 2.34. The van der Waals surface area contributed by atoms with Crippen LogP contribution < -0.4 is 5.32 Å². The Hall–Kier alpha value is -0.830. The minimum Gasteiger partial charge on any atom is -0.469 e. The molecule has 5 nitrogen and oxygen atoms in total. The third kappa shape index (κ3) is 7.52. The average Bonchev–Trinajstić information content (AvgIpc) is 2.52. The Morgan fingerprint density at radius 3 is 2.65 bits per heavy atom. The van der Waals surface area contributed by atoms with Crippen LogP contribution in [0.4, 0.5) is 0 Å². The first-order valence-corrected chi connectivity index (χ1v) is 8.09. The number of methoxy groups -OCH3 is 1. The largest absolute Gasteiger partial charge is 0.469 e. The van der Waals surface area contributed by atoms with Crippen LogP contribution in [0.2, 0.25) is 0 Å². The van der Waals surface area contributed by atoms with E-state index in [-0.39, 0.29) is 35.9 Å². The van der Waals surface area contributed by atoms with Gasteiger partial charge in [0.1, 0.15) is 0 Å². The van der Waals surface area contributed by atoms with Crippen LogP contribution in [0.1, 0.15) is 19.4 Å². The van der Waals surface area contributed by atoms with Gasteiger partial charge in [0.05, 0.1) is 19.6 Å². The molecule has 1 atom stereocenters. The molecule has 0 bridgehead atoms. The van der Waals surface area contributed by atoms with Gasteiger partial charge < -0.3 is 15.0 Å². The third-order valence-electron chi connectivity index (χ3n) is 3.18. The Balaban J connectivity index is 0.00000484. The highest BCUT2D eigenvalue weighted by Gasteiger charge is 2.14. The smallest absolute Gasteiger partial charge is 0.310 e. The highest BCUT2D eigenvalue weighted by Crippen LogP contribution is 2.17. The van der Waals surface area contributed by atoms with Crippen LogP contribution in [0.5, 0.6) is 0 Å². The number of hydrogen-bond acceptors (Lipinski definition) is 3. The number of ether oxygens (including phenoxy) is 1. The van der Waals surface area contributed by atoms with E-state index >= 15 is 0 Å². The number of hydrogen-bond donors (Lipinski definition) is 1. The molecule has 130 valence electrons. The van der Waals surface area contributed by atoms with Crippen molar-refractivity contribution in [3.63, 3.8) is 0 Å². The topological polar surface area (TPSA) is 53.9 Å². The predicted octanol–water partition coefficient (Wildman–Crippen LogP) is 3.27. The predicted molar refractivity (Wildman–Crippen MR) is 108 cm³/mol. The van der Waals surface area contributed by atoms with Crippen molar-refractivity contribution < 1.29 is 9.53 Å². The molecule has 0 heterocycles. The van der Waals surface area contributed by atoms with Crippen LogP contribution in [0.15, 0.2) is 33.7 Å². The van der Waals surface area contributed by atoms with Gasteiger partial charge in [0, 0.05) is 24.6 Å². The van der Waals surface area contributed by atoms with Crippen LogP contribution in [-0.4, -0.2) is 44.1 Å². The van der Waals surface area contributed by atoms with E-state index in [0.29, 0.717) is 6.54 Å². The highest BCUT2D eigenvalue weighted by molar-refractivity contribution is 14.0. The van der Waals surface area contributed by atoms with Crippen molar-refractivity contribution in [2.75, 3.05) is 27.2 Å². The van der Waals surface area contributed by atoms with Crippen LogP contribution in [-0.2, 0) is 16.1 Å². The fourth-order valence-electron chi connectivity index (χ4n) is 1.93. The standard InChI is InChI=1S/C16H24BrN3O2.HI/c1-5-18-16(19-10-12(2)15(21)22-4)20(3)11-13-8-6-7-9-14(13)17;/h6-9,12H,5,10-11H2,1-4H3,(H,18,19);1H. The van der Waals surface area contributed by atoms with Gasteiger partial charge in [-0.1, -0.05) is 41.1 Å². The number of rotatable bonds is 6. The summed E-state index contributed by atoms with van der Waals surface area (Å²) in [7, 11) is 3.37. The molecule has 0 aliphatic heterocycles. The maximum Gasteiger partial charge on any atom is 0.310 e. The normalized spacial score (nSPS) is 12.1. The minimum atomic E-state index is -0.254. The number of carbonyl (C=O) groups excluding carboxylic acids is 1. The molecule has 0 amide bonds. The molecule has 0 spiro atoms. The van der Waals surface area contributed by atoms with Crippen LogP contribution in [0, 0.1) is 5.92 Å². The number of nitrogens with one attached hydrogen (secondary N) is 1. The molecule has 1 N–H and O–H groups in total. The molecule has 7 heteroatoms. The van der Waals surface area contributed by atoms with Gasteiger partial charge >= 0.3 is 5.97 Å². The lowest BCUT2D eigenvalue weighted by molar-refractivity contribution is -0.144. The monoisotopic (exact) mass is 497 g/mol. The second-order valence-corrected chi connectivity index (χ2v) is 5.92. The minimum absolute atomic E-state index is 0. The van der Waals surface area contributed by atoms with Crippen molar-refractivity contribution in [3.05, 3.63) is 34.3 Å². The molecule has 0 aromatic heterocycles. The van der Waals surface area contributed by atoms with E-state index in [1.165, 1.54) is 12.7 Å². The summed E-state index contributed by atoms with van der Waals surface area (Å²) in [6, 6.07) is 8.09. The van der Waals surface area contributed by atoms with E-state index < -0.39 is 0 Å². The van der Waals surface area contributed by atoms with Gasteiger partial charge in [0.15, 0.2) is 5.96 Å². The number of carbonyl (C=O) groups is 1. The number of nitrogens with zero attached hydrogens (tertiary/aromatic N) is 2. The summed E-state index contributed by atoms with van der Waals surface area (Å²) in [4.78, 5) is 18.0. The SMILES string of the molecule is CCNC(=NCC(C)C(=O)OC)N(C)Cc1ccccc1Br.I. The van der Waals surface area contributed by atoms with Crippen LogP contribution in [0.3, 0.4) is 0 Å². The first-order chi connectivity index (χ1) is 10.5. The molecule has 0 aliphatic rings. The molecular formula is C16H25BrIN3O2. The molecule has 1 rings (SSSR count). The second kappa shape index (κ2) is 11.7. The van der Waals surface area contributed by atoms with Crippen molar-refractivity contribution in [1.82, 2.24) is 10.2 Å². The molecular weight excluding hydrogens is 473 g/mol. The lowest BCUT2D eigenvalue weighted by atomic mass is 10.2. The number of esters is 1. The molecule has 23 heavy (non-hydrogen) atoms. The van der Waals surface area contributed by atoms with Gasteiger partial charge in [-0.15, -0.1) is 24.0 Å². The van der Waals surface area contributed by atoms with Crippen LogP contribution in [0.25, 0.3) is 0 Å². The van der Waals surface area contributed by atoms with Crippen molar-refractivity contribution in [2.24, 2.45) is 10.9 Å². The van der Waals surface area contributed by atoms with Crippen molar-refractivity contribution in [2.45, 2.75) is 20.4 Å². The van der Waals surface area contributed by atoms with E-state index in [2.05, 4.69) is 32.3 Å². The van der Waals surface area contributed by atoms with Crippen LogP contribution >= 0.6 is 39.9 Å². The van der Waals surface area contributed by atoms with E-state index in [4.69, 9.17) is 4.74 Å². The zero-order valence-electron chi connectivity index (χ0n) is 14.0. The van der Waals surface area contributed by atoms with E-state index in [0.717, 1.165) is 23.5 Å². The Bertz CT molecular complexity index is 526. The van der Waals surface area contributed by atoms with Crippen molar-refractivity contribution in [3.8, 4) is 0 Å². The Labute approximate surface area is 164 Å². The fraction of sp³-hybridized carbons (Fsp3) is 0.500. The Kier molecular flexibility index (Phi) is 11.2. The quantitative estimate of drug-likeness (QED) is 0.283. The number of halogens is 2. The van der Waals surface area contributed by atoms with Gasteiger partial charge in [-0.2, -0.15) is 0 Å². The number of guanidine groups is 1. The summed E-state index contributed by atoms with van der Waals surface area (Å²) in [5.74, 6) is 0.276. The second-order valence-electron chi connectivity index (χ2n) is 5.07. The average molecular weight is 498 g/mol. The van der Waals surface area contributed by atoms with E-state index in [1.54, 1.807) is 0 Å². The Morgan fingerprint density at radius 1 is 1.43 bits per heavy atom. The van der Waals surface area contributed by atoms with Gasteiger partial charge in [0.25, 0.3) is 0 Å². The number of aliphatic imine (C=N–C) groups is 1. The molecule has 0 aliphatic carbocycles. The first kappa shape index (κ1) is 22.2. The molecule has 1 aromatic carbocycles. The lowest BCUT2D eigenvalue weighted by Crippen LogP contribution is -2.39. The number of benzene rings is 1. The van der Waals surface area contributed by atoms with Gasteiger partial charge in [0.2, 0.25) is 0 Å². The summed E-state index contributed by atoms with van der Waals surface area (Å²) >= 11 is 3.56. The third-order valence-corrected chi connectivity index (χ3v) is 3.95. The van der Waals surface area contributed by atoms with Gasteiger partial charge in [-0.05, 0) is 18.6 Å². The summed E-state index contributed by atoms with van der Waals surface area (Å²) in [6.07, 6.45) is 0. The zero-order valence-corrected chi connectivity index (χ0v) is 17.9. The summed E-state index contributed by atoms with van der Waals surface area (Å²) < 4.78 is 5.80. The van der Waals surface area contributed by atoms with Gasteiger partial charge in [-0.25, -0.2) is 0 Å². The maximum atomic E-state index is 11.5. The molecule has 0 radical (unpaired) electrons. The molecule has 0 saturated carbocycles. The van der Waals surface area contributed by atoms with E-state index in [9.17, 15) is 4.79 Å². The lowest BCUT2D eigenvalue weighted by Gasteiger charge is -2.23. The molecule has 1 aromatic rings. The molecule has 0 saturated heterocycles. The molecule has 0 fully saturated rings. The zero-order chi connectivity index (χ0) is 16.5. The molecule has 1 unspecified atom stereocenters. The Morgan fingerprint density at radius 2 is 2.09 bits per heavy atom.